The summed E-state index contributed by atoms with van der Waals surface area (Å²) in [5.74, 6) is -1.02. The van der Waals surface area contributed by atoms with Gasteiger partial charge in [0.1, 0.15) is 5.82 Å². The van der Waals surface area contributed by atoms with Gasteiger partial charge >= 0.3 is 12.0 Å². The molecule has 2 N–H and O–H groups in total. The summed E-state index contributed by atoms with van der Waals surface area (Å²) in [4.78, 5) is 24.2. The minimum atomic E-state index is -0.858. The van der Waals surface area contributed by atoms with Crippen LogP contribution in [0.2, 0.25) is 0 Å². The van der Waals surface area contributed by atoms with E-state index in [-0.39, 0.29) is 11.1 Å². The lowest BCUT2D eigenvalue weighted by Gasteiger charge is -2.28. The van der Waals surface area contributed by atoms with E-state index in [2.05, 4.69) is 17.6 Å². The van der Waals surface area contributed by atoms with Gasteiger partial charge in [0.15, 0.2) is 0 Å². The van der Waals surface area contributed by atoms with E-state index in [1.165, 1.54) is 6.07 Å². The minimum Gasteiger partial charge on any atom is -0.462 e. The predicted molar refractivity (Wildman–Crippen MR) is 88.6 cm³/mol. The van der Waals surface area contributed by atoms with Crippen molar-refractivity contribution >= 4 is 12.0 Å². The fourth-order valence-electron chi connectivity index (χ4n) is 2.68. The van der Waals surface area contributed by atoms with Crippen molar-refractivity contribution in [1.82, 2.24) is 10.6 Å². The van der Waals surface area contributed by atoms with Gasteiger partial charge in [-0.25, -0.2) is 14.0 Å². The number of benzene rings is 1. The molecule has 1 aliphatic heterocycles. The summed E-state index contributed by atoms with van der Waals surface area (Å²) >= 11 is 0. The van der Waals surface area contributed by atoms with Crippen LogP contribution < -0.4 is 10.6 Å². The van der Waals surface area contributed by atoms with Crippen LogP contribution in [0.1, 0.15) is 51.1 Å². The first-order valence-electron chi connectivity index (χ1n) is 8.24. The molecule has 0 saturated carbocycles. The van der Waals surface area contributed by atoms with Crippen molar-refractivity contribution in [2.75, 3.05) is 6.61 Å². The molecule has 2 rings (SSSR count). The van der Waals surface area contributed by atoms with Gasteiger partial charge in [-0.15, -0.1) is 0 Å². The highest BCUT2D eigenvalue weighted by molar-refractivity contribution is 5.95. The Morgan fingerprint density at radius 1 is 1.25 bits per heavy atom. The van der Waals surface area contributed by atoms with Gasteiger partial charge in [-0.05, 0) is 19.4 Å². The number of halogens is 1. The van der Waals surface area contributed by atoms with Gasteiger partial charge < -0.3 is 15.4 Å². The number of unbranched alkanes of at least 4 members (excludes halogenated alkanes) is 3. The number of nitrogens with one attached hydrogen (secondary N) is 2. The maximum Gasteiger partial charge on any atom is 0.338 e. The van der Waals surface area contributed by atoms with Crippen molar-refractivity contribution in [3.8, 4) is 0 Å². The highest BCUT2D eigenvalue weighted by atomic mass is 19.1. The zero-order valence-corrected chi connectivity index (χ0v) is 14.0. The topological polar surface area (TPSA) is 67.4 Å². The molecule has 1 aliphatic rings. The third-order valence-corrected chi connectivity index (χ3v) is 3.94. The van der Waals surface area contributed by atoms with Crippen molar-refractivity contribution in [3.05, 3.63) is 46.9 Å². The number of rotatable bonds is 7. The molecule has 6 heteroatoms. The molecule has 5 nitrogen and oxygen atoms in total. The molecule has 0 radical (unpaired) electrons. The number of allylic oxidation sites excluding steroid dienone is 1. The summed E-state index contributed by atoms with van der Waals surface area (Å²) in [5.41, 5.74) is 0.852. The molecular formula is C18H23FN2O3. The summed E-state index contributed by atoms with van der Waals surface area (Å²) in [6, 6.07) is 4.74. The van der Waals surface area contributed by atoms with Gasteiger partial charge in [0.2, 0.25) is 0 Å². The van der Waals surface area contributed by atoms with Crippen LogP contribution in [0, 0.1) is 5.82 Å². The quantitative estimate of drug-likeness (QED) is 0.592. The summed E-state index contributed by atoms with van der Waals surface area (Å²) < 4.78 is 19.4. The molecule has 0 spiro atoms. The van der Waals surface area contributed by atoms with E-state index in [0.717, 1.165) is 25.7 Å². The molecule has 1 aromatic rings. The Morgan fingerprint density at radius 3 is 2.71 bits per heavy atom. The third kappa shape index (κ3) is 4.34. The molecule has 1 aromatic carbocycles. The lowest BCUT2D eigenvalue weighted by molar-refractivity contribution is -0.139. The van der Waals surface area contributed by atoms with E-state index in [0.29, 0.717) is 12.3 Å². The summed E-state index contributed by atoms with van der Waals surface area (Å²) in [5, 5.41) is 5.14. The Hall–Kier alpha value is -2.37. The smallest absolute Gasteiger partial charge is 0.338 e. The second-order valence-corrected chi connectivity index (χ2v) is 5.79. The van der Waals surface area contributed by atoms with E-state index in [1.54, 1.807) is 25.1 Å². The molecule has 1 atom stereocenters. The van der Waals surface area contributed by atoms with Gasteiger partial charge in [0.25, 0.3) is 0 Å². The number of carbonyl (C=O) groups is 2. The second kappa shape index (κ2) is 8.47. The number of ether oxygens (including phenoxy) is 1. The van der Waals surface area contributed by atoms with E-state index >= 15 is 0 Å². The fraction of sp³-hybridized carbons (Fsp3) is 0.444. The van der Waals surface area contributed by atoms with Crippen LogP contribution >= 0.6 is 0 Å². The largest absolute Gasteiger partial charge is 0.462 e. The Morgan fingerprint density at radius 2 is 2.00 bits per heavy atom. The monoisotopic (exact) mass is 334 g/mol. The normalized spacial score (nSPS) is 17.3. The molecule has 0 fully saturated rings. The molecule has 24 heavy (non-hydrogen) atoms. The van der Waals surface area contributed by atoms with Gasteiger partial charge in [0.05, 0.1) is 18.2 Å². The highest BCUT2D eigenvalue weighted by Gasteiger charge is 2.33. The Bertz CT molecular complexity index is 643. The second-order valence-electron chi connectivity index (χ2n) is 5.79. The summed E-state index contributed by atoms with van der Waals surface area (Å²) in [7, 11) is 0. The highest BCUT2D eigenvalue weighted by Crippen LogP contribution is 2.29. The molecule has 0 aromatic heterocycles. The Kier molecular flexibility index (Phi) is 6.35. The summed E-state index contributed by atoms with van der Waals surface area (Å²) in [6.07, 6.45) is 3.97. The molecule has 0 aliphatic carbocycles. The van der Waals surface area contributed by atoms with Crippen LogP contribution in [0.25, 0.3) is 0 Å². The maximum absolute atomic E-state index is 14.1. The van der Waals surface area contributed by atoms with Crippen LogP contribution in [0.5, 0.6) is 0 Å². The molecule has 1 heterocycles. The first-order chi connectivity index (χ1) is 11.5. The average Bonchev–Trinajstić information content (AvgIpc) is 2.54. The number of esters is 1. The van der Waals surface area contributed by atoms with Gasteiger partial charge in [-0.2, -0.15) is 0 Å². The third-order valence-electron chi connectivity index (χ3n) is 3.94. The van der Waals surface area contributed by atoms with E-state index in [4.69, 9.17) is 4.74 Å². The van der Waals surface area contributed by atoms with E-state index < -0.39 is 23.9 Å². The van der Waals surface area contributed by atoms with Crippen LogP contribution in [-0.2, 0) is 9.53 Å². The first-order valence-corrected chi connectivity index (χ1v) is 8.24. The SMILES string of the molecule is CCCCCCOC(=O)C1=C(C)NC(=O)N[C@@H]1c1ccccc1F. The van der Waals surface area contributed by atoms with E-state index in [9.17, 15) is 14.0 Å². The number of amides is 2. The zero-order valence-electron chi connectivity index (χ0n) is 14.0. The lowest BCUT2D eigenvalue weighted by Crippen LogP contribution is -2.45. The first kappa shape index (κ1) is 18.0. The molecule has 0 saturated heterocycles. The summed E-state index contributed by atoms with van der Waals surface area (Å²) in [6.45, 7) is 4.03. The van der Waals surface area contributed by atoms with Gasteiger partial charge in [0, 0.05) is 11.3 Å². The number of carbonyl (C=O) groups excluding carboxylic acids is 2. The van der Waals surface area contributed by atoms with Crippen LogP contribution in [0.15, 0.2) is 35.5 Å². The fourth-order valence-corrected chi connectivity index (χ4v) is 2.68. The standard InChI is InChI=1S/C18H23FN2O3/c1-3-4-5-8-11-24-17(22)15-12(2)20-18(23)21-16(15)13-9-6-7-10-14(13)19/h6-7,9-10,16H,3-5,8,11H2,1-2H3,(H2,20,21,23)/t16-/m1/s1. The Labute approximate surface area is 141 Å². The van der Waals surface area contributed by atoms with Gasteiger partial charge in [-0.3, -0.25) is 0 Å². The zero-order chi connectivity index (χ0) is 17.5. The molecule has 2 amide bonds. The van der Waals surface area contributed by atoms with Crippen molar-refractivity contribution < 1.29 is 18.7 Å². The maximum atomic E-state index is 14.1. The Balaban J connectivity index is 2.17. The molecule has 0 unspecified atom stereocenters. The van der Waals surface area contributed by atoms with Crippen molar-refractivity contribution in [2.24, 2.45) is 0 Å². The van der Waals surface area contributed by atoms with Crippen molar-refractivity contribution in [2.45, 2.75) is 45.6 Å². The predicted octanol–water partition coefficient (Wildman–Crippen LogP) is 3.58. The van der Waals surface area contributed by atoms with Crippen LogP contribution in [-0.4, -0.2) is 18.6 Å². The average molecular weight is 334 g/mol. The van der Waals surface area contributed by atoms with Crippen molar-refractivity contribution in [3.63, 3.8) is 0 Å². The molecular weight excluding hydrogens is 311 g/mol. The van der Waals surface area contributed by atoms with E-state index in [1.807, 2.05) is 0 Å². The number of urea groups is 1. The van der Waals surface area contributed by atoms with Crippen LogP contribution in [0.4, 0.5) is 9.18 Å². The van der Waals surface area contributed by atoms with Crippen molar-refractivity contribution in [1.29, 1.82) is 0 Å². The number of hydrogen-bond acceptors (Lipinski definition) is 3. The number of hydrogen-bond donors (Lipinski definition) is 2. The molecule has 0 bridgehead atoms. The lowest BCUT2D eigenvalue weighted by atomic mass is 9.95. The molecule has 130 valence electrons. The minimum absolute atomic E-state index is 0.232. The van der Waals surface area contributed by atoms with Gasteiger partial charge in [-0.1, -0.05) is 44.4 Å². The van der Waals surface area contributed by atoms with Crippen LogP contribution in [0.3, 0.4) is 0 Å².